The topological polar surface area (TPSA) is 71.3 Å². The van der Waals surface area contributed by atoms with Crippen LogP contribution in [-0.4, -0.2) is 36.3 Å². The fraction of sp³-hybridized carbons (Fsp3) is 0.476. The summed E-state index contributed by atoms with van der Waals surface area (Å²) in [5.74, 6) is -0.269. The molecule has 9 heteroatoms. The van der Waals surface area contributed by atoms with Gasteiger partial charge in [0.1, 0.15) is 11.6 Å². The summed E-state index contributed by atoms with van der Waals surface area (Å²) in [6.45, 7) is 2.49. The van der Waals surface area contributed by atoms with E-state index in [-0.39, 0.29) is 17.0 Å². The molecule has 1 aromatic heterocycles. The molecule has 2 aromatic rings. The first-order valence-electron chi connectivity index (χ1n) is 9.88. The molecule has 30 heavy (non-hydrogen) atoms. The highest BCUT2D eigenvalue weighted by Gasteiger charge is 2.31. The Hall–Kier alpha value is -2.34. The zero-order valence-corrected chi connectivity index (χ0v) is 17.0. The van der Waals surface area contributed by atoms with Gasteiger partial charge in [-0.05, 0) is 37.3 Å². The summed E-state index contributed by atoms with van der Waals surface area (Å²) in [6, 6.07) is 3.72. The number of nitriles is 1. The molecule has 0 spiro atoms. The van der Waals surface area contributed by atoms with E-state index in [9.17, 15) is 8.78 Å². The van der Waals surface area contributed by atoms with Crippen LogP contribution in [0, 0.1) is 34.8 Å². The zero-order chi connectivity index (χ0) is 21.1. The number of hydrogen-bond donors (Lipinski definition) is 0. The quantitative estimate of drug-likeness (QED) is 0.716. The van der Waals surface area contributed by atoms with E-state index in [1.807, 2.05) is 0 Å². The normalized spacial score (nSPS) is 22.7. The summed E-state index contributed by atoms with van der Waals surface area (Å²) < 4.78 is 39.6. The van der Waals surface area contributed by atoms with Crippen LogP contribution in [0.2, 0.25) is 5.02 Å². The summed E-state index contributed by atoms with van der Waals surface area (Å²) in [7, 11) is 0. The molecular formula is C21H21ClF2N4O2. The van der Waals surface area contributed by atoms with Crippen molar-refractivity contribution >= 4 is 17.5 Å². The number of anilines is 1. The number of benzene rings is 1. The first-order chi connectivity index (χ1) is 14.5. The van der Waals surface area contributed by atoms with E-state index in [1.54, 1.807) is 18.5 Å². The molecule has 0 atom stereocenters. The lowest BCUT2D eigenvalue weighted by molar-refractivity contribution is -0.210. The van der Waals surface area contributed by atoms with Gasteiger partial charge in [-0.15, -0.1) is 0 Å². The second-order valence-electron chi connectivity index (χ2n) is 7.70. The molecule has 2 aliphatic rings. The largest absolute Gasteiger partial charge is 0.348 e. The molecule has 3 heterocycles. The maximum absolute atomic E-state index is 14.2. The number of aromatic nitrogens is 2. The third-order valence-corrected chi connectivity index (χ3v) is 5.78. The van der Waals surface area contributed by atoms with Crippen molar-refractivity contribution in [3.8, 4) is 6.07 Å². The average Bonchev–Trinajstić information content (AvgIpc) is 2.75. The summed E-state index contributed by atoms with van der Waals surface area (Å²) in [5, 5.41) is 9.33. The molecule has 0 amide bonds. The minimum Gasteiger partial charge on any atom is -0.348 e. The van der Waals surface area contributed by atoms with Crippen LogP contribution >= 0.6 is 11.6 Å². The number of nitrogens with zero attached hydrogens (tertiary/aromatic N) is 4. The van der Waals surface area contributed by atoms with E-state index < -0.39 is 17.9 Å². The zero-order valence-electron chi connectivity index (χ0n) is 16.2. The highest BCUT2D eigenvalue weighted by molar-refractivity contribution is 6.30. The molecule has 0 saturated carbocycles. The van der Waals surface area contributed by atoms with Crippen molar-refractivity contribution in [3.05, 3.63) is 52.3 Å². The Balaban J connectivity index is 1.27. The van der Waals surface area contributed by atoms with Crippen LogP contribution in [0.3, 0.4) is 0 Å². The van der Waals surface area contributed by atoms with Crippen LogP contribution in [0.5, 0.6) is 0 Å². The lowest BCUT2D eigenvalue weighted by Crippen LogP contribution is -2.37. The molecule has 2 aliphatic heterocycles. The average molecular weight is 435 g/mol. The van der Waals surface area contributed by atoms with Crippen molar-refractivity contribution < 1.29 is 18.3 Å². The molecule has 6 nitrogen and oxygen atoms in total. The molecule has 0 unspecified atom stereocenters. The first kappa shape index (κ1) is 20.9. The van der Waals surface area contributed by atoms with E-state index in [4.69, 9.17) is 26.3 Å². The Morgan fingerprint density at radius 3 is 2.23 bits per heavy atom. The Morgan fingerprint density at radius 1 is 1.07 bits per heavy atom. The van der Waals surface area contributed by atoms with Crippen molar-refractivity contribution in [2.75, 3.05) is 31.2 Å². The smallest absolute Gasteiger partial charge is 0.225 e. The maximum Gasteiger partial charge on any atom is 0.225 e. The molecule has 1 aromatic carbocycles. The van der Waals surface area contributed by atoms with Crippen molar-refractivity contribution in [2.45, 2.75) is 25.6 Å². The molecule has 4 rings (SSSR count). The fourth-order valence-corrected chi connectivity index (χ4v) is 4.13. The van der Waals surface area contributed by atoms with Gasteiger partial charge >= 0.3 is 0 Å². The van der Waals surface area contributed by atoms with Crippen LogP contribution in [0.15, 0.2) is 24.5 Å². The summed E-state index contributed by atoms with van der Waals surface area (Å²) >= 11 is 5.84. The molecule has 0 bridgehead atoms. The molecule has 2 saturated heterocycles. The highest BCUT2D eigenvalue weighted by Crippen LogP contribution is 2.33. The number of ether oxygens (including phenoxy) is 2. The van der Waals surface area contributed by atoms with E-state index in [0.29, 0.717) is 30.1 Å². The van der Waals surface area contributed by atoms with Crippen LogP contribution in [0.4, 0.5) is 14.7 Å². The molecular weight excluding hydrogens is 414 g/mol. The van der Waals surface area contributed by atoms with Crippen LogP contribution in [-0.2, 0) is 9.47 Å². The highest BCUT2D eigenvalue weighted by atomic mass is 35.5. The van der Waals surface area contributed by atoms with E-state index in [1.165, 1.54) is 0 Å². The first-order valence-corrected chi connectivity index (χ1v) is 10.3. The van der Waals surface area contributed by atoms with Gasteiger partial charge in [0, 0.05) is 19.0 Å². The van der Waals surface area contributed by atoms with E-state index in [2.05, 4.69) is 14.9 Å². The van der Waals surface area contributed by atoms with Crippen LogP contribution in [0.25, 0.3) is 0 Å². The monoisotopic (exact) mass is 434 g/mol. The van der Waals surface area contributed by atoms with Gasteiger partial charge in [-0.2, -0.15) is 5.26 Å². The second-order valence-corrected chi connectivity index (χ2v) is 8.13. The van der Waals surface area contributed by atoms with Crippen molar-refractivity contribution in [1.82, 2.24) is 9.97 Å². The molecule has 158 valence electrons. The van der Waals surface area contributed by atoms with Gasteiger partial charge in [0.15, 0.2) is 6.29 Å². The lowest BCUT2D eigenvalue weighted by Gasteiger charge is -2.35. The Kier molecular flexibility index (Phi) is 6.42. The predicted molar refractivity (Wildman–Crippen MR) is 106 cm³/mol. The van der Waals surface area contributed by atoms with Crippen molar-refractivity contribution in [1.29, 1.82) is 5.26 Å². The summed E-state index contributed by atoms with van der Waals surface area (Å²) in [5.41, 5.74) is -0.346. The number of piperidine rings is 1. The SMILES string of the molecule is N#Cc1cc(F)c([C@H]2OC[C@H](CC3CCN(c4ncc(Cl)cn4)CC3)CO2)c(F)c1. The van der Waals surface area contributed by atoms with Gasteiger partial charge in [-0.25, -0.2) is 18.7 Å². The third-order valence-electron chi connectivity index (χ3n) is 5.58. The standard InChI is InChI=1S/C21H21ClF2N4O2/c22-16-9-26-21(27-10-16)28-3-1-13(2-4-28)5-15-11-29-20(30-12-15)19-17(23)6-14(8-25)7-18(19)24/h6-7,9-10,13,15,20H,1-5,11-12H2/t15-,20-. The maximum atomic E-state index is 14.2. The summed E-state index contributed by atoms with van der Waals surface area (Å²) in [4.78, 5) is 10.7. The third kappa shape index (κ3) is 4.69. The summed E-state index contributed by atoms with van der Waals surface area (Å²) in [6.07, 6.45) is 5.05. The van der Waals surface area contributed by atoms with Gasteiger partial charge in [-0.3, -0.25) is 0 Å². The van der Waals surface area contributed by atoms with Crippen LogP contribution < -0.4 is 4.90 Å². The van der Waals surface area contributed by atoms with Gasteiger partial charge < -0.3 is 14.4 Å². The van der Waals surface area contributed by atoms with Crippen molar-refractivity contribution in [2.24, 2.45) is 11.8 Å². The number of rotatable bonds is 4. The van der Waals surface area contributed by atoms with Crippen LogP contribution in [0.1, 0.15) is 36.7 Å². The fourth-order valence-electron chi connectivity index (χ4n) is 4.03. The van der Waals surface area contributed by atoms with Gasteiger partial charge in [0.25, 0.3) is 0 Å². The predicted octanol–water partition coefficient (Wildman–Crippen LogP) is 4.25. The lowest BCUT2D eigenvalue weighted by atomic mass is 9.87. The van der Waals surface area contributed by atoms with Gasteiger partial charge in [-0.1, -0.05) is 11.6 Å². The number of hydrogen-bond acceptors (Lipinski definition) is 6. The minimum absolute atomic E-state index is 0.0715. The Bertz CT molecular complexity index is 899. The second kappa shape index (κ2) is 9.21. The van der Waals surface area contributed by atoms with Gasteiger partial charge in [0.2, 0.25) is 5.95 Å². The number of halogens is 3. The van der Waals surface area contributed by atoms with E-state index >= 15 is 0 Å². The minimum atomic E-state index is -1.09. The molecule has 0 N–H and O–H groups in total. The van der Waals surface area contributed by atoms with E-state index in [0.717, 1.165) is 44.5 Å². The Labute approximate surface area is 178 Å². The van der Waals surface area contributed by atoms with Crippen molar-refractivity contribution in [3.63, 3.8) is 0 Å². The molecule has 0 radical (unpaired) electrons. The Morgan fingerprint density at radius 2 is 1.67 bits per heavy atom. The molecule has 2 fully saturated rings. The molecule has 0 aliphatic carbocycles. The van der Waals surface area contributed by atoms with Gasteiger partial charge in [0.05, 0.1) is 47.8 Å².